The molecular formula is C27H28N2O4. The van der Waals surface area contributed by atoms with E-state index in [2.05, 4.69) is 23.5 Å². The van der Waals surface area contributed by atoms with Crippen LogP contribution in [0.2, 0.25) is 0 Å². The van der Waals surface area contributed by atoms with Gasteiger partial charge in [-0.25, -0.2) is 0 Å². The lowest BCUT2D eigenvalue weighted by Gasteiger charge is -2.41. The van der Waals surface area contributed by atoms with Crippen LogP contribution in [0.4, 0.5) is 0 Å². The summed E-state index contributed by atoms with van der Waals surface area (Å²) in [5.41, 5.74) is 2.49. The Hall–Kier alpha value is -3.64. The summed E-state index contributed by atoms with van der Waals surface area (Å²) in [6, 6.07) is 25.2. The number of ether oxygens (including phenoxy) is 2. The first-order valence-corrected chi connectivity index (χ1v) is 11.0. The standard InChI is InChI=1S/C27H28N2O4/c1-28-26(31)27(18-20-8-6-11-22(16-20)21-9-4-3-5-10-21)19-29(14-15-33-27)25(30)23-12-7-13-24(17-23)32-2/h3-13,16-17H,14-15,18-19H2,1-2H3,(H,28,31)/t27-/m0/s1. The summed E-state index contributed by atoms with van der Waals surface area (Å²) in [5, 5.41) is 2.74. The minimum absolute atomic E-state index is 0.150. The van der Waals surface area contributed by atoms with E-state index in [0.717, 1.165) is 16.7 Å². The number of amides is 2. The van der Waals surface area contributed by atoms with Crippen molar-refractivity contribution in [3.8, 4) is 16.9 Å². The summed E-state index contributed by atoms with van der Waals surface area (Å²) in [4.78, 5) is 28.0. The zero-order chi connectivity index (χ0) is 23.3. The third-order valence-corrected chi connectivity index (χ3v) is 5.95. The molecule has 0 bridgehead atoms. The molecule has 6 heteroatoms. The largest absolute Gasteiger partial charge is 0.497 e. The molecule has 0 aliphatic carbocycles. The Balaban J connectivity index is 1.61. The molecule has 1 aliphatic heterocycles. The van der Waals surface area contributed by atoms with E-state index in [0.29, 0.717) is 24.3 Å². The zero-order valence-electron chi connectivity index (χ0n) is 18.9. The number of benzene rings is 3. The van der Waals surface area contributed by atoms with Gasteiger partial charge in [0.25, 0.3) is 11.8 Å². The number of carbonyl (C=O) groups excluding carboxylic acids is 2. The van der Waals surface area contributed by atoms with Crippen LogP contribution < -0.4 is 10.1 Å². The van der Waals surface area contributed by atoms with Gasteiger partial charge in [0.2, 0.25) is 0 Å². The summed E-state index contributed by atoms with van der Waals surface area (Å²) in [5.74, 6) is 0.226. The van der Waals surface area contributed by atoms with E-state index in [1.807, 2.05) is 36.4 Å². The smallest absolute Gasteiger partial charge is 0.254 e. The Morgan fingerprint density at radius 3 is 2.52 bits per heavy atom. The van der Waals surface area contributed by atoms with E-state index >= 15 is 0 Å². The molecule has 3 aromatic carbocycles. The number of nitrogens with one attached hydrogen (secondary N) is 1. The first-order chi connectivity index (χ1) is 16.0. The molecule has 0 spiro atoms. The molecule has 170 valence electrons. The van der Waals surface area contributed by atoms with E-state index in [4.69, 9.17) is 9.47 Å². The lowest BCUT2D eigenvalue weighted by atomic mass is 9.89. The van der Waals surface area contributed by atoms with Gasteiger partial charge in [-0.15, -0.1) is 0 Å². The second-order valence-corrected chi connectivity index (χ2v) is 8.12. The van der Waals surface area contributed by atoms with Gasteiger partial charge in [0.05, 0.1) is 20.3 Å². The number of methoxy groups -OCH3 is 1. The van der Waals surface area contributed by atoms with Gasteiger partial charge < -0.3 is 19.7 Å². The molecule has 1 fully saturated rings. The maximum absolute atomic E-state index is 13.2. The van der Waals surface area contributed by atoms with Crippen LogP contribution in [0, 0.1) is 0 Å². The van der Waals surface area contributed by atoms with Gasteiger partial charge in [-0.3, -0.25) is 9.59 Å². The van der Waals surface area contributed by atoms with Crippen LogP contribution in [-0.4, -0.2) is 56.2 Å². The van der Waals surface area contributed by atoms with Crippen LogP contribution in [0.5, 0.6) is 5.75 Å². The molecule has 6 nitrogen and oxygen atoms in total. The van der Waals surface area contributed by atoms with Crippen LogP contribution >= 0.6 is 0 Å². The topological polar surface area (TPSA) is 67.9 Å². The quantitative estimate of drug-likeness (QED) is 0.631. The van der Waals surface area contributed by atoms with Crippen LogP contribution in [0.1, 0.15) is 15.9 Å². The van der Waals surface area contributed by atoms with Crippen molar-refractivity contribution in [1.82, 2.24) is 10.2 Å². The Morgan fingerprint density at radius 1 is 1.00 bits per heavy atom. The zero-order valence-corrected chi connectivity index (χ0v) is 18.9. The number of likely N-dealkylation sites (N-methyl/N-ethyl adjacent to an activating group) is 1. The minimum Gasteiger partial charge on any atom is -0.497 e. The van der Waals surface area contributed by atoms with Crippen LogP contribution in [0.3, 0.4) is 0 Å². The van der Waals surface area contributed by atoms with Crippen molar-refractivity contribution in [1.29, 1.82) is 0 Å². The highest BCUT2D eigenvalue weighted by molar-refractivity contribution is 5.95. The number of carbonyl (C=O) groups is 2. The van der Waals surface area contributed by atoms with E-state index in [1.54, 1.807) is 43.3 Å². The number of hydrogen-bond donors (Lipinski definition) is 1. The highest BCUT2D eigenvalue weighted by atomic mass is 16.5. The molecule has 0 aromatic heterocycles. The van der Waals surface area contributed by atoms with Crippen molar-refractivity contribution in [3.63, 3.8) is 0 Å². The average molecular weight is 445 g/mol. The monoisotopic (exact) mass is 444 g/mol. The molecule has 1 heterocycles. The van der Waals surface area contributed by atoms with Gasteiger partial charge in [-0.2, -0.15) is 0 Å². The van der Waals surface area contributed by atoms with Gasteiger partial charge in [-0.05, 0) is 34.9 Å². The lowest BCUT2D eigenvalue weighted by molar-refractivity contribution is -0.156. The molecule has 1 aliphatic rings. The number of rotatable bonds is 6. The molecule has 3 aromatic rings. The highest BCUT2D eigenvalue weighted by Gasteiger charge is 2.44. The third kappa shape index (κ3) is 4.91. The molecule has 2 amide bonds. The van der Waals surface area contributed by atoms with E-state index in [1.165, 1.54) is 0 Å². The Morgan fingerprint density at radius 2 is 1.76 bits per heavy atom. The fraction of sp³-hybridized carbons (Fsp3) is 0.259. The van der Waals surface area contributed by atoms with Gasteiger partial charge >= 0.3 is 0 Å². The maximum atomic E-state index is 13.2. The third-order valence-electron chi connectivity index (χ3n) is 5.95. The summed E-state index contributed by atoms with van der Waals surface area (Å²) < 4.78 is 11.4. The van der Waals surface area contributed by atoms with Crippen molar-refractivity contribution in [3.05, 3.63) is 90.0 Å². The van der Waals surface area contributed by atoms with E-state index in [9.17, 15) is 9.59 Å². The van der Waals surface area contributed by atoms with Crippen molar-refractivity contribution in [2.24, 2.45) is 0 Å². The first kappa shape index (κ1) is 22.6. The van der Waals surface area contributed by atoms with Crippen molar-refractivity contribution >= 4 is 11.8 Å². The van der Waals surface area contributed by atoms with Crippen LogP contribution in [0.15, 0.2) is 78.9 Å². The molecular weight excluding hydrogens is 416 g/mol. The average Bonchev–Trinajstić information content (AvgIpc) is 2.88. The number of morpholine rings is 1. The van der Waals surface area contributed by atoms with Gasteiger partial charge in [0.15, 0.2) is 5.60 Å². The lowest BCUT2D eigenvalue weighted by Crippen LogP contribution is -2.61. The minimum atomic E-state index is -1.17. The van der Waals surface area contributed by atoms with E-state index in [-0.39, 0.29) is 25.0 Å². The Bertz CT molecular complexity index is 1130. The molecule has 0 radical (unpaired) electrons. The van der Waals surface area contributed by atoms with Gasteiger partial charge in [0, 0.05) is 25.6 Å². The summed E-state index contributed by atoms with van der Waals surface area (Å²) in [6.07, 6.45) is 0.356. The highest BCUT2D eigenvalue weighted by Crippen LogP contribution is 2.28. The van der Waals surface area contributed by atoms with Crippen LogP contribution in [0.25, 0.3) is 11.1 Å². The van der Waals surface area contributed by atoms with Crippen molar-refractivity contribution in [2.45, 2.75) is 12.0 Å². The van der Waals surface area contributed by atoms with Gasteiger partial charge in [0.1, 0.15) is 5.75 Å². The maximum Gasteiger partial charge on any atom is 0.254 e. The molecule has 0 saturated carbocycles. The molecule has 1 atom stereocenters. The van der Waals surface area contributed by atoms with Crippen molar-refractivity contribution < 1.29 is 19.1 Å². The predicted molar refractivity (Wildman–Crippen MR) is 127 cm³/mol. The van der Waals surface area contributed by atoms with Crippen LogP contribution in [-0.2, 0) is 16.0 Å². The molecule has 4 rings (SSSR count). The summed E-state index contributed by atoms with van der Waals surface area (Å²) >= 11 is 0. The summed E-state index contributed by atoms with van der Waals surface area (Å²) in [6.45, 7) is 0.860. The molecule has 0 unspecified atom stereocenters. The Labute approximate surface area is 194 Å². The van der Waals surface area contributed by atoms with E-state index < -0.39 is 5.60 Å². The SMILES string of the molecule is CNC(=O)[C@]1(Cc2cccc(-c3ccccc3)c2)CN(C(=O)c2cccc(OC)c2)CCO1. The second-order valence-electron chi connectivity index (χ2n) is 8.12. The number of nitrogens with zero attached hydrogens (tertiary/aromatic N) is 1. The number of hydrogen-bond acceptors (Lipinski definition) is 4. The molecule has 1 saturated heterocycles. The van der Waals surface area contributed by atoms with Crippen molar-refractivity contribution in [2.75, 3.05) is 33.9 Å². The summed E-state index contributed by atoms with van der Waals surface area (Å²) in [7, 11) is 3.16. The normalized spacial score (nSPS) is 17.9. The predicted octanol–water partition coefficient (Wildman–Crippen LogP) is 3.56. The fourth-order valence-electron chi connectivity index (χ4n) is 4.27. The molecule has 1 N–H and O–H groups in total. The molecule has 33 heavy (non-hydrogen) atoms. The fourth-order valence-corrected chi connectivity index (χ4v) is 4.27. The van der Waals surface area contributed by atoms with Gasteiger partial charge in [-0.1, -0.05) is 60.7 Å². The second kappa shape index (κ2) is 9.88. The Kier molecular flexibility index (Phi) is 6.75. The first-order valence-electron chi connectivity index (χ1n) is 11.0.